The number of nitrogens with zero attached hydrogens (tertiary/aromatic N) is 4. The van der Waals surface area contributed by atoms with Crippen LogP contribution in [0, 0.1) is 0 Å². The van der Waals surface area contributed by atoms with Crippen molar-refractivity contribution in [2.24, 2.45) is 0 Å². The summed E-state index contributed by atoms with van der Waals surface area (Å²) < 4.78 is 2.13. The highest BCUT2D eigenvalue weighted by Crippen LogP contribution is 2.30. The van der Waals surface area contributed by atoms with Gasteiger partial charge in [-0.25, -0.2) is 9.97 Å². The predicted molar refractivity (Wildman–Crippen MR) is 88.6 cm³/mol. The van der Waals surface area contributed by atoms with Crippen LogP contribution in [0.1, 0.15) is 5.56 Å². The highest BCUT2D eigenvalue weighted by molar-refractivity contribution is 5.76. The fourth-order valence-corrected chi connectivity index (χ4v) is 2.66. The van der Waals surface area contributed by atoms with Crippen molar-refractivity contribution in [3.8, 4) is 22.6 Å². The van der Waals surface area contributed by atoms with Crippen LogP contribution in [-0.4, -0.2) is 24.5 Å². The molecule has 0 spiro atoms. The zero-order chi connectivity index (χ0) is 15.5. The summed E-state index contributed by atoms with van der Waals surface area (Å²) in [6.45, 7) is 0.733. The molecule has 23 heavy (non-hydrogen) atoms. The van der Waals surface area contributed by atoms with Crippen LogP contribution >= 0.6 is 0 Å². The Bertz CT molecular complexity index is 880. The molecule has 0 aliphatic heterocycles. The van der Waals surface area contributed by atoms with Crippen LogP contribution in [0.3, 0.4) is 0 Å². The van der Waals surface area contributed by atoms with Crippen LogP contribution in [0.15, 0.2) is 73.7 Å². The Kier molecular flexibility index (Phi) is 3.44. The van der Waals surface area contributed by atoms with Gasteiger partial charge in [0.1, 0.15) is 0 Å². The number of pyridine rings is 1. The van der Waals surface area contributed by atoms with E-state index >= 15 is 0 Å². The van der Waals surface area contributed by atoms with Gasteiger partial charge in [-0.1, -0.05) is 30.3 Å². The molecular formula is C18H15N5. The van der Waals surface area contributed by atoms with Crippen LogP contribution in [-0.2, 0) is 6.54 Å². The van der Waals surface area contributed by atoms with Crippen LogP contribution < -0.4 is 0 Å². The smallest absolute Gasteiger partial charge is 0.0979 e. The van der Waals surface area contributed by atoms with Gasteiger partial charge >= 0.3 is 0 Å². The van der Waals surface area contributed by atoms with Crippen LogP contribution in [0.25, 0.3) is 22.6 Å². The first kappa shape index (κ1) is 13.5. The summed E-state index contributed by atoms with van der Waals surface area (Å²) in [5.74, 6) is 0. The first-order valence-corrected chi connectivity index (χ1v) is 7.40. The summed E-state index contributed by atoms with van der Waals surface area (Å²) in [7, 11) is 0. The normalized spacial score (nSPS) is 10.8. The second-order valence-electron chi connectivity index (χ2n) is 5.26. The molecule has 4 aromatic rings. The number of rotatable bonds is 4. The summed E-state index contributed by atoms with van der Waals surface area (Å²) in [6, 6.07) is 14.2. The number of hydrogen-bond acceptors (Lipinski definition) is 3. The maximum absolute atomic E-state index is 4.64. The van der Waals surface area contributed by atoms with Crippen molar-refractivity contribution in [3.05, 3.63) is 79.3 Å². The van der Waals surface area contributed by atoms with Crippen molar-refractivity contribution in [3.63, 3.8) is 0 Å². The third-order valence-electron chi connectivity index (χ3n) is 3.74. The molecule has 3 aromatic heterocycles. The lowest BCUT2D eigenvalue weighted by Gasteiger charge is -2.09. The van der Waals surface area contributed by atoms with Gasteiger partial charge in [-0.2, -0.15) is 0 Å². The summed E-state index contributed by atoms with van der Waals surface area (Å²) in [5.41, 5.74) is 5.20. The summed E-state index contributed by atoms with van der Waals surface area (Å²) in [6.07, 6.45) is 9.00. The molecule has 1 aromatic carbocycles. The van der Waals surface area contributed by atoms with Gasteiger partial charge in [-0.15, -0.1) is 0 Å². The minimum atomic E-state index is 0.733. The molecular weight excluding hydrogens is 286 g/mol. The zero-order valence-electron chi connectivity index (χ0n) is 12.4. The first-order valence-electron chi connectivity index (χ1n) is 7.40. The minimum Gasteiger partial charge on any atom is -0.343 e. The average molecular weight is 301 g/mol. The van der Waals surface area contributed by atoms with Gasteiger partial charge in [0, 0.05) is 24.5 Å². The molecule has 4 rings (SSSR count). The van der Waals surface area contributed by atoms with E-state index in [2.05, 4.69) is 36.6 Å². The fraction of sp³-hybridized carbons (Fsp3) is 0.0556. The van der Waals surface area contributed by atoms with E-state index in [0.717, 1.165) is 29.2 Å². The van der Waals surface area contributed by atoms with E-state index in [-0.39, 0.29) is 0 Å². The van der Waals surface area contributed by atoms with E-state index in [4.69, 9.17) is 0 Å². The fourth-order valence-electron chi connectivity index (χ4n) is 2.66. The van der Waals surface area contributed by atoms with Crippen LogP contribution in [0.5, 0.6) is 0 Å². The second kappa shape index (κ2) is 5.88. The molecule has 5 heteroatoms. The van der Waals surface area contributed by atoms with Crippen molar-refractivity contribution in [2.75, 3.05) is 0 Å². The van der Waals surface area contributed by atoms with Gasteiger partial charge in [0.05, 0.1) is 35.9 Å². The molecule has 0 aliphatic carbocycles. The molecule has 3 heterocycles. The van der Waals surface area contributed by atoms with E-state index in [1.807, 2.05) is 42.9 Å². The first-order chi connectivity index (χ1) is 11.4. The quantitative estimate of drug-likeness (QED) is 0.628. The molecule has 0 fully saturated rings. The topological polar surface area (TPSA) is 59.4 Å². The number of nitrogens with one attached hydrogen (secondary N) is 1. The van der Waals surface area contributed by atoms with Gasteiger partial charge in [-0.3, -0.25) is 4.98 Å². The number of aromatic nitrogens is 5. The molecule has 0 aliphatic rings. The van der Waals surface area contributed by atoms with Crippen molar-refractivity contribution >= 4 is 0 Å². The summed E-state index contributed by atoms with van der Waals surface area (Å²) in [4.78, 5) is 16.1. The SMILES string of the molecule is c1ccc(-c2ncn(Cc3ccncc3)c2-c2cnc[nH]2)cc1. The van der Waals surface area contributed by atoms with Gasteiger partial charge < -0.3 is 9.55 Å². The van der Waals surface area contributed by atoms with Gasteiger partial charge in [0.25, 0.3) is 0 Å². The van der Waals surface area contributed by atoms with Gasteiger partial charge in [0.2, 0.25) is 0 Å². The maximum Gasteiger partial charge on any atom is 0.0979 e. The Labute approximate surface area is 133 Å². The van der Waals surface area contributed by atoms with Gasteiger partial charge in [-0.05, 0) is 17.7 Å². The third-order valence-corrected chi connectivity index (χ3v) is 3.74. The Morgan fingerprint density at radius 3 is 2.52 bits per heavy atom. The van der Waals surface area contributed by atoms with E-state index in [1.165, 1.54) is 5.56 Å². The summed E-state index contributed by atoms with van der Waals surface area (Å²) >= 11 is 0. The lowest BCUT2D eigenvalue weighted by molar-refractivity contribution is 0.801. The molecule has 0 unspecified atom stereocenters. The Hall–Kier alpha value is -3.21. The molecule has 0 saturated heterocycles. The van der Waals surface area contributed by atoms with E-state index in [1.54, 1.807) is 18.7 Å². The van der Waals surface area contributed by atoms with Crippen LogP contribution in [0.4, 0.5) is 0 Å². The highest BCUT2D eigenvalue weighted by atomic mass is 15.1. The minimum absolute atomic E-state index is 0.733. The zero-order valence-corrected chi connectivity index (χ0v) is 12.4. The molecule has 0 radical (unpaired) electrons. The van der Waals surface area contributed by atoms with E-state index < -0.39 is 0 Å². The number of aromatic amines is 1. The number of imidazole rings is 2. The van der Waals surface area contributed by atoms with Crippen molar-refractivity contribution < 1.29 is 0 Å². The number of hydrogen-bond donors (Lipinski definition) is 1. The largest absolute Gasteiger partial charge is 0.343 e. The molecule has 112 valence electrons. The Morgan fingerprint density at radius 1 is 0.957 bits per heavy atom. The Morgan fingerprint density at radius 2 is 1.78 bits per heavy atom. The maximum atomic E-state index is 4.64. The summed E-state index contributed by atoms with van der Waals surface area (Å²) in [5, 5.41) is 0. The van der Waals surface area contributed by atoms with Crippen LogP contribution in [0.2, 0.25) is 0 Å². The average Bonchev–Trinajstić information content (AvgIpc) is 3.26. The van der Waals surface area contributed by atoms with E-state index in [9.17, 15) is 0 Å². The monoisotopic (exact) mass is 301 g/mol. The van der Waals surface area contributed by atoms with Crippen molar-refractivity contribution in [1.82, 2.24) is 24.5 Å². The number of H-pyrrole nitrogens is 1. The lowest BCUT2D eigenvalue weighted by atomic mass is 10.1. The third kappa shape index (κ3) is 2.64. The molecule has 0 saturated carbocycles. The molecule has 0 amide bonds. The molecule has 1 N–H and O–H groups in total. The van der Waals surface area contributed by atoms with Crippen molar-refractivity contribution in [1.29, 1.82) is 0 Å². The standard InChI is InChI=1S/C18H15N5/c1-2-4-15(5-3-1)17-18(16-10-20-12-21-16)23(13-22-17)11-14-6-8-19-9-7-14/h1-10,12-13H,11H2,(H,20,21). The Balaban J connectivity index is 1.83. The van der Waals surface area contributed by atoms with E-state index in [0.29, 0.717) is 0 Å². The van der Waals surface area contributed by atoms with Crippen molar-refractivity contribution in [2.45, 2.75) is 6.54 Å². The second-order valence-corrected chi connectivity index (χ2v) is 5.26. The molecule has 0 bridgehead atoms. The predicted octanol–water partition coefficient (Wildman–Crippen LogP) is 3.38. The highest BCUT2D eigenvalue weighted by Gasteiger charge is 2.16. The lowest BCUT2D eigenvalue weighted by Crippen LogP contribution is -2.01. The number of benzene rings is 1. The molecule has 0 atom stereocenters. The molecule has 5 nitrogen and oxygen atoms in total. The van der Waals surface area contributed by atoms with Gasteiger partial charge in [0.15, 0.2) is 0 Å².